The Morgan fingerprint density at radius 3 is 2.91 bits per heavy atom. The maximum atomic E-state index is 13.2. The molecule has 0 radical (unpaired) electrons. The Labute approximate surface area is 132 Å². The molecule has 1 aliphatic rings. The summed E-state index contributed by atoms with van der Waals surface area (Å²) in [6.45, 7) is 1.57. The van der Waals surface area contributed by atoms with Crippen LogP contribution in [0.3, 0.4) is 0 Å². The number of halogens is 2. The molecule has 6 nitrogen and oxygen atoms in total. The second-order valence-electron chi connectivity index (χ2n) is 5.15. The number of anilines is 1. The molecule has 22 heavy (non-hydrogen) atoms. The smallest absolute Gasteiger partial charge is 0.315 e. The molecule has 1 aromatic carbocycles. The molecule has 0 spiro atoms. The van der Waals surface area contributed by atoms with Gasteiger partial charge in [-0.2, -0.15) is 0 Å². The van der Waals surface area contributed by atoms with E-state index < -0.39 is 11.7 Å². The molecule has 1 aliphatic heterocycles. The molecule has 1 saturated heterocycles. The first-order chi connectivity index (χ1) is 10.5. The van der Waals surface area contributed by atoms with Gasteiger partial charge in [-0.15, -0.1) is 0 Å². The minimum absolute atomic E-state index is 0.0163. The molecule has 0 aliphatic carbocycles. The Morgan fingerprint density at radius 2 is 2.23 bits per heavy atom. The predicted molar refractivity (Wildman–Crippen MR) is 82.4 cm³/mol. The van der Waals surface area contributed by atoms with Crippen molar-refractivity contribution in [2.75, 3.05) is 24.5 Å². The largest absolute Gasteiger partial charge is 0.370 e. The van der Waals surface area contributed by atoms with Crippen molar-refractivity contribution < 1.29 is 14.0 Å². The lowest BCUT2D eigenvalue weighted by Crippen LogP contribution is -2.44. The molecule has 0 unspecified atom stereocenters. The quantitative estimate of drug-likeness (QED) is 0.759. The molecule has 1 fully saturated rings. The number of benzene rings is 1. The fraction of sp³-hybridized carbons (Fsp3) is 0.429. The lowest BCUT2D eigenvalue weighted by Gasteiger charge is -2.19. The third-order valence-electron chi connectivity index (χ3n) is 3.45. The van der Waals surface area contributed by atoms with Gasteiger partial charge >= 0.3 is 6.03 Å². The van der Waals surface area contributed by atoms with E-state index in [-0.39, 0.29) is 30.1 Å². The third kappa shape index (κ3) is 4.49. The molecular weight excluding hydrogens is 311 g/mol. The number of hydrogen-bond acceptors (Lipinski definition) is 3. The molecule has 1 aromatic rings. The number of amides is 3. The molecule has 0 aromatic heterocycles. The summed E-state index contributed by atoms with van der Waals surface area (Å²) in [6.07, 6.45) is 0.885. The predicted octanol–water partition coefficient (Wildman–Crippen LogP) is 1.23. The van der Waals surface area contributed by atoms with Gasteiger partial charge in [0, 0.05) is 37.8 Å². The molecular formula is C14H18ClFN4O2. The van der Waals surface area contributed by atoms with E-state index in [4.69, 9.17) is 17.3 Å². The summed E-state index contributed by atoms with van der Waals surface area (Å²) in [4.78, 5) is 24.3. The fourth-order valence-corrected chi connectivity index (χ4v) is 2.50. The number of nitrogens with two attached hydrogens (primary N) is 1. The number of nitrogens with one attached hydrogen (secondary N) is 2. The molecule has 120 valence electrons. The summed E-state index contributed by atoms with van der Waals surface area (Å²) in [6, 6.07) is 4.22. The first-order valence-electron chi connectivity index (χ1n) is 6.98. The van der Waals surface area contributed by atoms with Crippen LogP contribution in [0.1, 0.15) is 12.8 Å². The van der Waals surface area contributed by atoms with Crippen molar-refractivity contribution in [2.45, 2.75) is 18.9 Å². The van der Waals surface area contributed by atoms with E-state index in [2.05, 4.69) is 10.6 Å². The summed E-state index contributed by atoms with van der Waals surface area (Å²) >= 11 is 5.78. The Balaban J connectivity index is 1.81. The molecule has 0 bridgehead atoms. The molecule has 4 N–H and O–H groups in total. The van der Waals surface area contributed by atoms with Crippen LogP contribution in [0.5, 0.6) is 0 Å². The monoisotopic (exact) mass is 328 g/mol. The first kappa shape index (κ1) is 16.4. The standard InChI is InChI=1S/C14H18ClFN4O2/c15-11-7-10(1-2-12(11)16)20-6-4-9(8-20)19-14(22)18-5-3-13(17)21/h1-2,7,9H,3-6,8H2,(H2,17,21)(H2,18,19,22)/t9-/m0/s1. The molecule has 3 amide bonds. The van der Waals surface area contributed by atoms with Crippen LogP contribution >= 0.6 is 11.6 Å². The molecule has 1 heterocycles. The van der Waals surface area contributed by atoms with Crippen molar-refractivity contribution in [2.24, 2.45) is 5.73 Å². The van der Waals surface area contributed by atoms with Gasteiger partial charge in [-0.1, -0.05) is 11.6 Å². The average Bonchev–Trinajstić information content (AvgIpc) is 2.90. The van der Waals surface area contributed by atoms with Gasteiger partial charge in [0.15, 0.2) is 0 Å². The summed E-state index contributed by atoms with van der Waals surface area (Å²) in [5.41, 5.74) is 5.82. The van der Waals surface area contributed by atoms with Crippen LogP contribution in [0.25, 0.3) is 0 Å². The normalized spacial score (nSPS) is 17.4. The van der Waals surface area contributed by atoms with E-state index in [1.807, 2.05) is 4.90 Å². The lowest BCUT2D eigenvalue weighted by molar-refractivity contribution is -0.117. The summed E-state index contributed by atoms with van der Waals surface area (Å²) in [5, 5.41) is 5.48. The van der Waals surface area contributed by atoms with Crippen molar-refractivity contribution in [3.05, 3.63) is 29.0 Å². The number of carbonyl (C=O) groups excluding carboxylic acids is 2. The SMILES string of the molecule is NC(=O)CCNC(=O)N[C@H]1CCN(c2ccc(F)c(Cl)c2)C1. The highest BCUT2D eigenvalue weighted by Gasteiger charge is 2.24. The maximum absolute atomic E-state index is 13.2. The lowest BCUT2D eigenvalue weighted by atomic mass is 10.2. The highest BCUT2D eigenvalue weighted by Crippen LogP contribution is 2.25. The summed E-state index contributed by atoms with van der Waals surface area (Å²) in [7, 11) is 0. The van der Waals surface area contributed by atoms with Crippen molar-refractivity contribution in [3.8, 4) is 0 Å². The second kappa shape index (κ2) is 7.31. The zero-order valence-electron chi connectivity index (χ0n) is 11.9. The number of nitrogens with zero attached hydrogens (tertiary/aromatic N) is 1. The first-order valence-corrected chi connectivity index (χ1v) is 7.36. The number of carbonyl (C=O) groups is 2. The number of primary amides is 1. The fourth-order valence-electron chi connectivity index (χ4n) is 2.33. The van der Waals surface area contributed by atoms with E-state index >= 15 is 0 Å². The molecule has 8 heteroatoms. The highest BCUT2D eigenvalue weighted by molar-refractivity contribution is 6.31. The van der Waals surface area contributed by atoms with E-state index in [9.17, 15) is 14.0 Å². The average molecular weight is 329 g/mol. The van der Waals surface area contributed by atoms with Crippen molar-refractivity contribution in [3.63, 3.8) is 0 Å². The number of hydrogen-bond donors (Lipinski definition) is 3. The van der Waals surface area contributed by atoms with E-state index in [0.29, 0.717) is 6.54 Å². The van der Waals surface area contributed by atoms with Gasteiger partial charge < -0.3 is 21.3 Å². The van der Waals surface area contributed by atoms with Gasteiger partial charge in [-0.05, 0) is 24.6 Å². The van der Waals surface area contributed by atoms with Crippen LogP contribution in [-0.2, 0) is 4.79 Å². The minimum Gasteiger partial charge on any atom is -0.370 e. The van der Waals surface area contributed by atoms with Crippen LogP contribution in [0, 0.1) is 5.82 Å². The molecule has 0 saturated carbocycles. The maximum Gasteiger partial charge on any atom is 0.315 e. The van der Waals surface area contributed by atoms with Gasteiger partial charge in [-0.3, -0.25) is 4.79 Å². The Hall–Kier alpha value is -2.02. The molecule has 1 atom stereocenters. The van der Waals surface area contributed by atoms with Crippen LogP contribution < -0.4 is 21.3 Å². The van der Waals surface area contributed by atoms with E-state index in [1.165, 1.54) is 6.07 Å². The third-order valence-corrected chi connectivity index (χ3v) is 3.74. The van der Waals surface area contributed by atoms with Gasteiger partial charge in [-0.25, -0.2) is 9.18 Å². The summed E-state index contributed by atoms with van der Waals surface area (Å²) in [5.74, 6) is -0.909. The van der Waals surface area contributed by atoms with Gasteiger partial charge in [0.25, 0.3) is 0 Å². The zero-order chi connectivity index (χ0) is 16.1. The second-order valence-corrected chi connectivity index (χ2v) is 5.55. The Morgan fingerprint density at radius 1 is 1.45 bits per heavy atom. The highest BCUT2D eigenvalue weighted by atomic mass is 35.5. The van der Waals surface area contributed by atoms with Gasteiger partial charge in [0.2, 0.25) is 5.91 Å². The molecule has 2 rings (SSSR count). The number of rotatable bonds is 5. The van der Waals surface area contributed by atoms with Crippen LogP contribution in [-0.4, -0.2) is 37.6 Å². The summed E-state index contributed by atoms with van der Waals surface area (Å²) < 4.78 is 13.2. The topological polar surface area (TPSA) is 87.5 Å². The minimum atomic E-state index is -0.458. The van der Waals surface area contributed by atoms with Crippen LogP contribution in [0.15, 0.2) is 18.2 Å². The van der Waals surface area contributed by atoms with Crippen LogP contribution in [0.2, 0.25) is 5.02 Å². The van der Waals surface area contributed by atoms with E-state index in [1.54, 1.807) is 12.1 Å². The van der Waals surface area contributed by atoms with E-state index in [0.717, 1.165) is 18.7 Å². The van der Waals surface area contributed by atoms with Crippen molar-refractivity contribution >= 4 is 29.2 Å². The van der Waals surface area contributed by atoms with Gasteiger partial charge in [0.05, 0.1) is 5.02 Å². The number of urea groups is 1. The van der Waals surface area contributed by atoms with Gasteiger partial charge in [0.1, 0.15) is 5.82 Å². The van der Waals surface area contributed by atoms with Crippen molar-refractivity contribution in [1.29, 1.82) is 0 Å². The Bertz CT molecular complexity index is 570. The van der Waals surface area contributed by atoms with Crippen LogP contribution in [0.4, 0.5) is 14.9 Å². The van der Waals surface area contributed by atoms with Crippen molar-refractivity contribution in [1.82, 2.24) is 10.6 Å². The Kier molecular flexibility index (Phi) is 5.43. The zero-order valence-corrected chi connectivity index (χ0v) is 12.7.